The molecule has 0 unspecified atom stereocenters. The van der Waals surface area contributed by atoms with E-state index in [0.29, 0.717) is 6.54 Å². The molecule has 0 bridgehead atoms. The molecule has 3 heteroatoms. The smallest absolute Gasteiger partial charge is 0.117 e. The second-order valence-corrected chi connectivity index (χ2v) is 5.04. The number of aryl methyl sites for hydroxylation is 1. The van der Waals surface area contributed by atoms with Crippen LogP contribution in [0.4, 0.5) is 0 Å². The molecule has 17 heavy (non-hydrogen) atoms. The van der Waals surface area contributed by atoms with E-state index in [0.717, 1.165) is 23.0 Å². The van der Waals surface area contributed by atoms with Crippen molar-refractivity contribution in [2.75, 3.05) is 0 Å². The van der Waals surface area contributed by atoms with Crippen LogP contribution < -0.4 is 5.73 Å². The second kappa shape index (κ2) is 5.94. The highest BCUT2D eigenvalue weighted by Gasteiger charge is 2.01. The number of rotatable bonds is 5. The number of thioether (sulfide) groups is 1. The molecule has 0 fully saturated rings. The van der Waals surface area contributed by atoms with Crippen LogP contribution in [0.1, 0.15) is 22.6 Å². The molecule has 1 aromatic carbocycles. The Morgan fingerprint density at radius 3 is 2.65 bits per heavy atom. The van der Waals surface area contributed by atoms with Gasteiger partial charge in [-0.05, 0) is 24.6 Å². The summed E-state index contributed by atoms with van der Waals surface area (Å²) < 4.78 is 5.55. The molecule has 2 nitrogen and oxygen atoms in total. The lowest BCUT2D eigenvalue weighted by Crippen LogP contribution is -1.92. The lowest BCUT2D eigenvalue weighted by atomic mass is 10.2. The summed E-state index contributed by atoms with van der Waals surface area (Å²) in [5.41, 5.74) is 8.17. The largest absolute Gasteiger partial charge is 0.464 e. The fourth-order valence-corrected chi connectivity index (χ4v) is 2.55. The van der Waals surface area contributed by atoms with Gasteiger partial charge in [0.05, 0.1) is 12.3 Å². The Bertz CT molecular complexity index is 479. The number of hydrogen-bond acceptors (Lipinski definition) is 3. The van der Waals surface area contributed by atoms with Crippen molar-refractivity contribution >= 4 is 11.8 Å². The van der Waals surface area contributed by atoms with Crippen molar-refractivity contribution in [3.63, 3.8) is 0 Å². The molecule has 2 aromatic rings. The maximum Gasteiger partial charge on any atom is 0.117 e. The van der Waals surface area contributed by atoms with Crippen molar-refractivity contribution in [1.29, 1.82) is 0 Å². The highest BCUT2D eigenvalue weighted by atomic mass is 32.2. The van der Waals surface area contributed by atoms with Crippen molar-refractivity contribution in [2.24, 2.45) is 5.73 Å². The molecule has 0 aliphatic rings. The normalized spacial score (nSPS) is 10.7. The highest BCUT2D eigenvalue weighted by Crippen LogP contribution is 2.19. The summed E-state index contributed by atoms with van der Waals surface area (Å²) in [5.74, 6) is 3.77. The van der Waals surface area contributed by atoms with Crippen LogP contribution in [0.25, 0.3) is 0 Å². The van der Waals surface area contributed by atoms with Crippen LogP contribution >= 0.6 is 11.8 Å². The molecule has 90 valence electrons. The van der Waals surface area contributed by atoms with Crippen LogP contribution in [0.3, 0.4) is 0 Å². The molecular weight excluding hydrogens is 230 g/mol. The molecular formula is C14H17NOS. The van der Waals surface area contributed by atoms with Crippen LogP contribution in [0.15, 0.2) is 40.8 Å². The van der Waals surface area contributed by atoms with Gasteiger partial charge in [0.25, 0.3) is 0 Å². The van der Waals surface area contributed by atoms with Gasteiger partial charge >= 0.3 is 0 Å². The first-order valence-electron chi connectivity index (χ1n) is 5.69. The minimum Gasteiger partial charge on any atom is -0.464 e. The molecule has 2 rings (SSSR count). The molecule has 0 saturated carbocycles. The Hall–Kier alpha value is -1.19. The lowest BCUT2D eigenvalue weighted by molar-refractivity contribution is 0.482. The van der Waals surface area contributed by atoms with Gasteiger partial charge < -0.3 is 10.2 Å². The third-order valence-electron chi connectivity index (χ3n) is 2.51. The van der Waals surface area contributed by atoms with E-state index in [-0.39, 0.29) is 0 Å². The summed E-state index contributed by atoms with van der Waals surface area (Å²) >= 11 is 1.86. The van der Waals surface area contributed by atoms with E-state index in [2.05, 4.69) is 31.2 Å². The van der Waals surface area contributed by atoms with E-state index in [4.69, 9.17) is 10.2 Å². The minimum absolute atomic E-state index is 0.475. The van der Waals surface area contributed by atoms with Crippen molar-refractivity contribution in [3.05, 3.63) is 59.0 Å². The quantitative estimate of drug-likeness (QED) is 0.879. The summed E-state index contributed by atoms with van der Waals surface area (Å²) in [6.45, 7) is 2.59. The van der Waals surface area contributed by atoms with Crippen molar-refractivity contribution < 1.29 is 4.42 Å². The summed E-state index contributed by atoms with van der Waals surface area (Å²) in [4.78, 5) is 0. The molecule has 0 aliphatic heterocycles. The average molecular weight is 247 g/mol. The maximum atomic E-state index is 5.55. The van der Waals surface area contributed by atoms with E-state index in [9.17, 15) is 0 Å². The third kappa shape index (κ3) is 3.65. The fourth-order valence-electron chi connectivity index (χ4n) is 1.68. The van der Waals surface area contributed by atoms with Crippen LogP contribution in [0.2, 0.25) is 0 Å². The zero-order valence-electron chi connectivity index (χ0n) is 9.98. The monoisotopic (exact) mass is 247 g/mol. The minimum atomic E-state index is 0.475. The number of furan rings is 1. The van der Waals surface area contributed by atoms with Gasteiger partial charge in [-0.2, -0.15) is 0 Å². The predicted octanol–water partition coefficient (Wildman–Crippen LogP) is 3.48. The first-order chi connectivity index (χ1) is 8.28. The van der Waals surface area contributed by atoms with Gasteiger partial charge in [-0.15, -0.1) is 11.8 Å². The van der Waals surface area contributed by atoms with Gasteiger partial charge in [0.2, 0.25) is 0 Å². The molecule has 1 aromatic heterocycles. The molecule has 0 aliphatic carbocycles. The highest BCUT2D eigenvalue weighted by molar-refractivity contribution is 7.97. The van der Waals surface area contributed by atoms with Gasteiger partial charge in [0.1, 0.15) is 11.5 Å². The first-order valence-corrected chi connectivity index (χ1v) is 6.84. The zero-order valence-corrected chi connectivity index (χ0v) is 10.8. The van der Waals surface area contributed by atoms with E-state index in [1.54, 1.807) is 0 Å². The summed E-state index contributed by atoms with van der Waals surface area (Å²) in [7, 11) is 0. The number of benzene rings is 1. The average Bonchev–Trinajstić information content (AvgIpc) is 2.77. The Morgan fingerprint density at radius 2 is 1.94 bits per heavy atom. The molecule has 0 atom stereocenters. The summed E-state index contributed by atoms with van der Waals surface area (Å²) in [5, 5.41) is 0. The summed E-state index contributed by atoms with van der Waals surface area (Å²) in [6, 6.07) is 12.6. The predicted molar refractivity (Wildman–Crippen MR) is 72.8 cm³/mol. The summed E-state index contributed by atoms with van der Waals surface area (Å²) in [6.07, 6.45) is 0. The van der Waals surface area contributed by atoms with Crippen LogP contribution in [0.5, 0.6) is 0 Å². The first kappa shape index (κ1) is 12.3. The molecule has 0 radical (unpaired) electrons. The van der Waals surface area contributed by atoms with E-state index < -0.39 is 0 Å². The molecule has 2 N–H and O–H groups in total. The zero-order chi connectivity index (χ0) is 12.1. The molecule has 1 heterocycles. The van der Waals surface area contributed by atoms with E-state index in [1.165, 1.54) is 11.1 Å². The van der Waals surface area contributed by atoms with Crippen LogP contribution in [0, 0.1) is 6.92 Å². The van der Waals surface area contributed by atoms with Crippen molar-refractivity contribution in [3.8, 4) is 0 Å². The Morgan fingerprint density at radius 1 is 1.12 bits per heavy atom. The number of nitrogens with two attached hydrogens (primary N) is 1. The van der Waals surface area contributed by atoms with Gasteiger partial charge in [-0.1, -0.05) is 29.8 Å². The SMILES string of the molecule is Cc1cccc(CSCc2ccc(CN)o2)c1. The lowest BCUT2D eigenvalue weighted by Gasteiger charge is -2.01. The Balaban J connectivity index is 1.83. The fraction of sp³-hybridized carbons (Fsp3) is 0.286. The van der Waals surface area contributed by atoms with Gasteiger partial charge in [0, 0.05) is 5.75 Å². The Kier molecular flexibility index (Phi) is 4.29. The number of hydrogen-bond donors (Lipinski definition) is 1. The van der Waals surface area contributed by atoms with Gasteiger partial charge in [-0.3, -0.25) is 0 Å². The van der Waals surface area contributed by atoms with E-state index in [1.807, 2.05) is 23.9 Å². The van der Waals surface area contributed by atoms with Gasteiger partial charge in [-0.25, -0.2) is 0 Å². The van der Waals surface area contributed by atoms with Crippen molar-refractivity contribution in [2.45, 2.75) is 25.0 Å². The maximum absolute atomic E-state index is 5.55. The molecule has 0 amide bonds. The van der Waals surface area contributed by atoms with Crippen molar-refractivity contribution in [1.82, 2.24) is 0 Å². The standard InChI is InChI=1S/C14H17NOS/c1-11-3-2-4-12(7-11)9-17-10-14-6-5-13(8-15)16-14/h2-7H,8-10,15H2,1H3. The third-order valence-corrected chi connectivity index (χ3v) is 3.54. The van der Waals surface area contributed by atoms with Crippen LogP contribution in [-0.2, 0) is 18.1 Å². The Labute approximate surface area is 106 Å². The molecule has 0 saturated heterocycles. The topological polar surface area (TPSA) is 39.2 Å². The van der Waals surface area contributed by atoms with Crippen LogP contribution in [-0.4, -0.2) is 0 Å². The second-order valence-electron chi connectivity index (χ2n) is 4.05. The van der Waals surface area contributed by atoms with Gasteiger partial charge in [0.15, 0.2) is 0 Å². The molecule has 0 spiro atoms. The van der Waals surface area contributed by atoms with E-state index >= 15 is 0 Å².